The fraction of sp³-hybridized carbons (Fsp3) is 0.318. The van der Waals surface area contributed by atoms with Crippen LogP contribution in [0.5, 0.6) is 0 Å². The van der Waals surface area contributed by atoms with E-state index in [1.54, 1.807) is 60.7 Å². The number of carbonyl (C=O) groups excluding carboxylic acids is 3. The second kappa shape index (κ2) is 9.34. The predicted octanol–water partition coefficient (Wildman–Crippen LogP) is 3.14. The van der Waals surface area contributed by atoms with Gasteiger partial charge in [-0.1, -0.05) is 43.3 Å². The van der Waals surface area contributed by atoms with Gasteiger partial charge in [0.25, 0.3) is 0 Å². The predicted molar refractivity (Wildman–Crippen MR) is 102 cm³/mol. The van der Waals surface area contributed by atoms with Gasteiger partial charge in [0.2, 0.25) is 12.4 Å². The third kappa shape index (κ3) is 5.00. The van der Waals surface area contributed by atoms with Crippen molar-refractivity contribution < 1.29 is 33.3 Å². The van der Waals surface area contributed by atoms with E-state index in [4.69, 9.17) is 18.9 Å². The molecule has 152 valence electrons. The molecular formula is C22H22O7. The van der Waals surface area contributed by atoms with Crippen molar-refractivity contribution in [3.05, 3.63) is 71.8 Å². The summed E-state index contributed by atoms with van der Waals surface area (Å²) in [5, 5.41) is 0. The molecule has 0 saturated carbocycles. The summed E-state index contributed by atoms with van der Waals surface area (Å²) in [6.07, 6.45) is -3.32. The van der Waals surface area contributed by atoms with E-state index >= 15 is 0 Å². The number of esters is 3. The van der Waals surface area contributed by atoms with E-state index in [9.17, 15) is 14.4 Å². The van der Waals surface area contributed by atoms with Crippen LogP contribution in [0.3, 0.4) is 0 Å². The Hall–Kier alpha value is -3.19. The summed E-state index contributed by atoms with van der Waals surface area (Å²) < 4.78 is 22.1. The lowest BCUT2D eigenvalue weighted by Crippen LogP contribution is -2.41. The summed E-state index contributed by atoms with van der Waals surface area (Å²) in [5.41, 5.74) is 0.675. The second-order valence-corrected chi connectivity index (χ2v) is 6.53. The first-order chi connectivity index (χ1) is 14.0. The smallest absolute Gasteiger partial charge is 0.338 e. The van der Waals surface area contributed by atoms with E-state index in [1.165, 1.54) is 6.92 Å². The molecule has 7 heteroatoms. The molecular weight excluding hydrogens is 376 g/mol. The molecule has 0 bridgehead atoms. The number of rotatable bonds is 6. The van der Waals surface area contributed by atoms with Gasteiger partial charge in [-0.05, 0) is 30.7 Å². The first kappa shape index (κ1) is 20.5. The van der Waals surface area contributed by atoms with Crippen molar-refractivity contribution in [2.45, 2.75) is 44.9 Å². The maximum atomic E-state index is 12.6. The van der Waals surface area contributed by atoms with Crippen molar-refractivity contribution in [1.29, 1.82) is 0 Å². The summed E-state index contributed by atoms with van der Waals surface area (Å²) in [4.78, 5) is 36.6. The molecule has 1 heterocycles. The average molecular weight is 398 g/mol. The molecule has 0 radical (unpaired) electrons. The van der Waals surface area contributed by atoms with Crippen LogP contribution < -0.4 is 0 Å². The molecule has 1 saturated heterocycles. The van der Waals surface area contributed by atoms with Crippen LogP contribution in [0.4, 0.5) is 0 Å². The van der Waals surface area contributed by atoms with Gasteiger partial charge in [-0.3, -0.25) is 4.79 Å². The highest BCUT2D eigenvalue weighted by molar-refractivity contribution is 5.90. The molecule has 0 aliphatic carbocycles. The Balaban J connectivity index is 1.83. The van der Waals surface area contributed by atoms with Crippen LogP contribution in [0, 0.1) is 0 Å². The average Bonchev–Trinajstić information content (AvgIpc) is 3.04. The lowest BCUT2D eigenvalue weighted by molar-refractivity contribution is -0.186. The number of hydrogen-bond acceptors (Lipinski definition) is 7. The maximum Gasteiger partial charge on any atom is 0.338 e. The standard InChI is InChI=1S/C22H22O7/c1-3-17-18(28-20(24)15-10-6-4-7-11-15)19(22(27-17)26-14(2)23)29-21(25)16-12-8-5-9-13-16/h4-13,17-19,22H,3H2,1-2H3/t17-,18+,19?,22?/m1/s1. The quantitative estimate of drug-likeness (QED) is 0.546. The van der Waals surface area contributed by atoms with E-state index in [1.807, 2.05) is 6.92 Å². The van der Waals surface area contributed by atoms with Crippen molar-refractivity contribution in [3.63, 3.8) is 0 Å². The Bertz CT molecular complexity index is 850. The fourth-order valence-corrected chi connectivity index (χ4v) is 3.08. The molecule has 0 aromatic heterocycles. The van der Waals surface area contributed by atoms with Gasteiger partial charge in [0.05, 0.1) is 11.1 Å². The topological polar surface area (TPSA) is 88.1 Å². The molecule has 2 aromatic rings. The Morgan fingerprint density at radius 2 is 1.28 bits per heavy atom. The number of hydrogen-bond donors (Lipinski definition) is 0. The van der Waals surface area contributed by atoms with Crippen LogP contribution in [0.1, 0.15) is 41.0 Å². The van der Waals surface area contributed by atoms with E-state index in [0.717, 1.165) is 0 Å². The molecule has 7 nitrogen and oxygen atoms in total. The lowest BCUT2D eigenvalue weighted by Gasteiger charge is -2.23. The van der Waals surface area contributed by atoms with Gasteiger partial charge in [0, 0.05) is 6.92 Å². The summed E-state index contributed by atoms with van der Waals surface area (Å²) in [6, 6.07) is 16.8. The van der Waals surface area contributed by atoms with Crippen LogP contribution in [0.2, 0.25) is 0 Å². The summed E-state index contributed by atoms with van der Waals surface area (Å²) >= 11 is 0. The fourth-order valence-electron chi connectivity index (χ4n) is 3.08. The van der Waals surface area contributed by atoms with E-state index in [-0.39, 0.29) is 0 Å². The Morgan fingerprint density at radius 1 is 0.793 bits per heavy atom. The van der Waals surface area contributed by atoms with E-state index in [0.29, 0.717) is 17.5 Å². The molecule has 1 aliphatic heterocycles. The molecule has 4 atom stereocenters. The zero-order valence-electron chi connectivity index (χ0n) is 16.1. The molecule has 2 aromatic carbocycles. The third-order valence-electron chi connectivity index (χ3n) is 4.46. The first-order valence-corrected chi connectivity index (χ1v) is 9.34. The molecule has 0 N–H and O–H groups in total. The zero-order valence-corrected chi connectivity index (χ0v) is 16.1. The minimum absolute atomic E-state index is 0.321. The Labute approximate surface area is 168 Å². The van der Waals surface area contributed by atoms with Crippen LogP contribution in [-0.4, -0.2) is 42.5 Å². The van der Waals surface area contributed by atoms with Crippen LogP contribution in [0.15, 0.2) is 60.7 Å². The van der Waals surface area contributed by atoms with Crippen molar-refractivity contribution in [3.8, 4) is 0 Å². The zero-order chi connectivity index (χ0) is 20.8. The molecule has 1 aliphatic rings. The van der Waals surface area contributed by atoms with Gasteiger partial charge in [-0.25, -0.2) is 9.59 Å². The van der Waals surface area contributed by atoms with Crippen LogP contribution in [0.25, 0.3) is 0 Å². The van der Waals surface area contributed by atoms with Crippen molar-refractivity contribution in [2.75, 3.05) is 0 Å². The van der Waals surface area contributed by atoms with Crippen molar-refractivity contribution in [1.82, 2.24) is 0 Å². The minimum atomic E-state index is -1.17. The van der Waals surface area contributed by atoms with Gasteiger partial charge in [0.1, 0.15) is 6.10 Å². The van der Waals surface area contributed by atoms with Gasteiger partial charge in [0.15, 0.2) is 6.10 Å². The molecule has 1 fully saturated rings. The third-order valence-corrected chi connectivity index (χ3v) is 4.46. The monoisotopic (exact) mass is 398 g/mol. The summed E-state index contributed by atoms with van der Waals surface area (Å²) in [7, 11) is 0. The molecule has 2 unspecified atom stereocenters. The second-order valence-electron chi connectivity index (χ2n) is 6.53. The highest BCUT2D eigenvalue weighted by Gasteiger charge is 2.50. The van der Waals surface area contributed by atoms with Crippen LogP contribution in [-0.2, 0) is 23.7 Å². The highest BCUT2D eigenvalue weighted by Crippen LogP contribution is 2.31. The molecule has 0 spiro atoms. The largest absolute Gasteiger partial charge is 0.452 e. The van der Waals surface area contributed by atoms with Crippen molar-refractivity contribution >= 4 is 17.9 Å². The maximum absolute atomic E-state index is 12.6. The summed E-state index contributed by atoms with van der Waals surface area (Å²) in [6.45, 7) is 3.06. The van der Waals surface area contributed by atoms with E-state index in [2.05, 4.69) is 0 Å². The Kier molecular flexibility index (Phi) is 6.61. The SMILES string of the molecule is CC[C@H]1OC(OC(C)=O)C(OC(=O)c2ccccc2)[C@H]1OC(=O)c1ccccc1. The number of carbonyl (C=O) groups is 3. The normalized spacial score (nSPS) is 23.2. The van der Waals surface area contributed by atoms with Gasteiger partial charge in [-0.2, -0.15) is 0 Å². The Morgan fingerprint density at radius 3 is 1.72 bits per heavy atom. The van der Waals surface area contributed by atoms with Crippen LogP contribution >= 0.6 is 0 Å². The highest BCUT2D eigenvalue weighted by atomic mass is 16.7. The van der Waals surface area contributed by atoms with Crippen molar-refractivity contribution in [2.24, 2.45) is 0 Å². The molecule has 29 heavy (non-hydrogen) atoms. The molecule has 3 rings (SSSR count). The summed E-state index contributed by atoms with van der Waals surface area (Å²) in [5.74, 6) is -1.81. The van der Waals surface area contributed by atoms with E-state index < -0.39 is 42.5 Å². The lowest BCUT2D eigenvalue weighted by atomic mass is 10.1. The van der Waals surface area contributed by atoms with Gasteiger partial charge in [-0.15, -0.1) is 0 Å². The first-order valence-electron chi connectivity index (χ1n) is 9.34. The number of ether oxygens (including phenoxy) is 4. The molecule has 0 amide bonds. The minimum Gasteiger partial charge on any atom is -0.452 e. The van der Waals surface area contributed by atoms with Gasteiger partial charge >= 0.3 is 17.9 Å². The van der Waals surface area contributed by atoms with Gasteiger partial charge < -0.3 is 18.9 Å². The number of benzene rings is 2.